The van der Waals surface area contributed by atoms with E-state index in [9.17, 15) is 14.0 Å². The van der Waals surface area contributed by atoms with Crippen molar-refractivity contribution in [2.45, 2.75) is 51.5 Å². The Morgan fingerprint density at radius 3 is 2.38 bits per heavy atom. The molecule has 2 aliphatic rings. The Balaban J connectivity index is 1.35. The Hall–Kier alpha value is -2.73. The molecular weight excluding hydrogens is 405 g/mol. The number of hydrogen-bond acceptors (Lipinski definition) is 3. The molecule has 6 heteroatoms. The molecule has 4 rings (SSSR count). The van der Waals surface area contributed by atoms with Gasteiger partial charge in [-0.25, -0.2) is 4.39 Å². The molecule has 2 aromatic rings. The molecule has 0 aromatic heterocycles. The van der Waals surface area contributed by atoms with Crippen molar-refractivity contribution in [2.24, 2.45) is 11.8 Å². The third kappa shape index (κ3) is 5.94. The van der Waals surface area contributed by atoms with E-state index < -0.39 is 5.82 Å². The van der Waals surface area contributed by atoms with Crippen LogP contribution in [-0.2, 0) is 16.1 Å². The summed E-state index contributed by atoms with van der Waals surface area (Å²) >= 11 is 0. The molecule has 2 aromatic carbocycles. The number of anilines is 2. The van der Waals surface area contributed by atoms with Gasteiger partial charge in [-0.15, -0.1) is 0 Å². The second kappa shape index (κ2) is 10.7. The summed E-state index contributed by atoms with van der Waals surface area (Å²) < 4.78 is 14.3. The number of benzene rings is 2. The van der Waals surface area contributed by atoms with Gasteiger partial charge in [0.2, 0.25) is 11.8 Å². The lowest BCUT2D eigenvalue weighted by Crippen LogP contribution is -2.40. The smallest absolute Gasteiger partial charge is 0.228 e. The van der Waals surface area contributed by atoms with Crippen LogP contribution in [0, 0.1) is 17.7 Å². The first kappa shape index (κ1) is 22.5. The van der Waals surface area contributed by atoms with Crippen molar-refractivity contribution in [2.75, 3.05) is 23.7 Å². The summed E-state index contributed by atoms with van der Waals surface area (Å²) in [6.07, 6.45) is 6.75. The zero-order valence-electron chi connectivity index (χ0n) is 18.5. The Morgan fingerprint density at radius 1 is 0.875 bits per heavy atom. The number of nitrogens with one attached hydrogen (secondary N) is 2. The average Bonchev–Trinajstić information content (AvgIpc) is 2.82. The lowest BCUT2D eigenvalue weighted by Gasteiger charge is -2.32. The second-order valence-electron chi connectivity index (χ2n) is 9.07. The van der Waals surface area contributed by atoms with Gasteiger partial charge in [-0.3, -0.25) is 14.5 Å². The van der Waals surface area contributed by atoms with Gasteiger partial charge in [-0.1, -0.05) is 49.6 Å². The van der Waals surface area contributed by atoms with Crippen molar-refractivity contribution in [1.29, 1.82) is 0 Å². The molecule has 2 amide bonds. The predicted molar refractivity (Wildman–Crippen MR) is 125 cm³/mol. The predicted octanol–water partition coefficient (Wildman–Crippen LogP) is 5.20. The van der Waals surface area contributed by atoms with E-state index in [-0.39, 0.29) is 29.3 Å². The number of carbonyl (C=O) groups is 2. The van der Waals surface area contributed by atoms with Crippen molar-refractivity contribution in [3.63, 3.8) is 0 Å². The Bertz CT molecular complexity index is 928. The first-order valence-corrected chi connectivity index (χ1v) is 11.8. The molecule has 170 valence electrons. The van der Waals surface area contributed by atoms with E-state index >= 15 is 0 Å². The number of nitrogens with zero attached hydrogens (tertiary/aromatic N) is 1. The van der Waals surface area contributed by atoms with Crippen LogP contribution in [0.1, 0.15) is 50.5 Å². The molecule has 1 saturated heterocycles. The molecule has 1 aliphatic carbocycles. The summed E-state index contributed by atoms with van der Waals surface area (Å²) in [4.78, 5) is 27.7. The monoisotopic (exact) mass is 437 g/mol. The molecule has 1 heterocycles. The maximum atomic E-state index is 14.3. The molecule has 5 nitrogen and oxygen atoms in total. The largest absolute Gasteiger partial charge is 0.326 e. The quantitative estimate of drug-likeness (QED) is 0.653. The molecule has 1 atom stereocenters. The van der Waals surface area contributed by atoms with Gasteiger partial charge in [0.15, 0.2) is 0 Å². The topological polar surface area (TPSA) is 61.4 Å². The zero-order chi connectivity index (χ0) is 22.3. The number of likely N-dealkylation sites (tertiary alicyclic amines) is 1. The number of amides is 2. The number of halogens is 1. The molecule has 1 saturated carbocycles. The van der Waals surface area contributed by atoms with E-state index in [2.05, 4.69) is 27.7 Å². The van der Waals surface area contributed by atoms with Gasteiger partial charge >= 0.3 is 0 Å². The lowest BCUT2D eigenvalue weighted by molar-refractivity contribution is -0.122. The molecular formula is C26H32FN3O2. The van der Waals surface area contributed by atoms with E-state index in [4.69, 9.17) is 0 Å². The molecule has 2 N–H and O–H groups in total. The molecule has 0 bridgehead atoms. The fourth-order valence-electron chi connectivity index (χ4n) is 4.80. The Morgan fingerprint density at radius 2 is 1.59 bits per heavy atom. The summed E-state index contributed by atoms with van der Waals surface area (Å²) in [6, 6.07) is 14.6. The summed E-state index contributed by atoms with van der Waals surface area (Å²) in [5.74, 6) is -0.842. The standard InChI is InChI=1S/C26H32FN3O2/c27-23-14-13-22(16-24(23)29-25(31)20-10-5-2-6-11-20)28-26(32)21-12-7-15-30(18-21)17-19-8-3-1-4-9-19/h1,3-4,8-9,13-14,16,20-21H,2,5-7,10-12,15,17-18H2,(H,28,32)(H,29,31). The summed E-state index contributed by atoms with van der Waals surface area (Å²) in [5.41, 5.74) is 1.88. The van der Waals surface area contributed by atoms with E-state index in [1.54, 1.807) is 6.07 Å². The van der Waals surface area contributed by atoms with Crippen LogP contribution < -0.4 is 10.6 Å². The minimum atomic E-state index is -0.487. The van der Waals surface area contributed by atoms with E-state index in [1.165, 1.54) is 17.7 Å². The highest BCUT2D eigenvalue weighted by atomic mass is 19.1. The second-order valence-corrected chi connectivity index (χ2v) is 9.07. The number of rotatable bonds is 6. The SMILES string of the molecule is O=C(Nc1ccc(F)c(NC(=O)C2CCCCC2)c1)C1CCCN(Cc2ccccc2)C1. The minimum absolute atomic E-state index is 0.0563. The molecule has 1 aliphatic heterocycles. The normalized spacial score (nSPS) is 20.0. The van der Waals surface area contributed by atoms with E-state index in [0.29, 0.717) is 12.2 Å². The van der Waals surface area contributed by atoms with Crippen LogP contribution in [0.2, 0.25) is 0 Å². The van der Waals surface area contributed by atoms with Crippen LogP contribution in [0.15, 0.2) is 48.5 Å². The van der Waals surface area contributed by atoms with Crippen LogP contribution in [0.5, 0.6) is 0 Å². The maximum absolute atomic E-state index is 14.3. The molecule has 1 unspecified atom stereocenters. The highest BCUT2D eigenvalue weighted by molar-refractivity contribution is 5.96. The Kier molecular flexibility index (Phi) is 7.53. The fourth-order valence-corrected chi connectivity index (χ4v) is 4.80. The van der Waals surface area contributed by atoms with Crippen molar-refractivity contribution >= 4 is 23.2 Å². The third-order valence-corrected chi connectivity index (χ3v) is 6.59. The van der Waals surface area contributed by atoms with Gasteiger partial charge in [0, 0.05) is 24.7 Å². The summed E-state index contributed by atoms with van der Waals surface area (Å²) in [7, 11) is 0. The first-order valence-electron chi connectivity index (χ1n) is 11.8. The lowest BCUT2D eigenvalue weighted by atomic mass is 9.88. The van der Waals surface area contributed by atoms with E-state index in [0.717, 1.165) is 58.0 Å². The average molecular weight is 438 g/mol. The van der Waals surface area contributed by atoms with Crippen molar-refractivity contribution in [3.8, 4) is 0 Å². The molecule has 0 spiro atoms. The van der Waals surface area contributed by atoms with Gasteiger partial charge in [0.05, 0.1) is 11.6 Å². The third-order valence-electron chi connectivity index (χ3n) is 6.59. The summed E-state index contributed by atoms with van der Waals surface area (Å²) in [6.45, 7) is 2.51. The highest BCUT2D eigenvalue weighted by Crippen LogP contribution is 2.27. The Labute approximate surface area is 189 Å². The van der Waals surface area contributed by atoms with Gasteiger partial charge in [-0.2, -0.15) is 0 Å². The van der Waals surface area contributed by atoms with Crippen molar-refractivity contribution < 1.29 is 14.0 Å². The fraction of sp³-hybridized carbons (Fsp3) is 0.462. The summed E-state index contributed by atoms with van der Waals surface area (Å²) in [5, 5.41) is 5.67. The first-order chi connectivity index (χ1) is 15.6. The number of carbonyl (C=O) groups excluding carboxylic acids is 2. The molecule has 32 heavy (non-hydrogen) atoms. The van der Waals surface area contributed by atoms with Gasteiger partial charge in [-0.05, 0) is 56.0 Å². The molecule has 2 fully saturated rings. The van der Waals surface area contributed by atoms with Gasteiger partial charge in [0.25, 0.3) is 0 Å². The zero-order valence-corrected chi connectivity index (χ0v) is 18.5. The molecule has 0 radical (unpaired) electrons. The van der Waals surface area contributed by atoms with Crippen LogP contribution in [0.3, 0.4) is 0 Å². The van der Waals surface area contributed by atoms with Crippen LogP contribution in [0.25, 0.3) is 0 Å². The van der Waals surface area contributed by atoms with Gasteiger partial charge in [0.1, 0.15) is 5.82 Å². The van der Waals surface area contributed by atoms with Crippen molar-refractivity contribution in [1.82, 2.24) is 4.90 Å². The minimum Gasteiger partial charge on any atom is -0.326 e. The maximum Gasteiger partial charge on any atom is 0.228 e. The van der Waals surface area contributed by atoms with Crippen LogP contribution in [-0.4, -0.2) is 29.8 Å². The van der Waals surface area contributed by atoms with E-state index in [1.807, 2.05) is 18.2 Å². The number of piperidine rings is 1. The van der Waals surface area contributed by atoms with Crippen LogP contribution in [0.4, 0.5) is 15.8 Å². The van der Waals surface area contributed by atoms with Crippen LogP contribution >= 0.6 is 0 Å². The van der Waals surface area contributed by atoms with Gasteiger partial charge < -0.3 is 10.6 Å². The highest BCUT2D eigenvalue weighted by Gasteiger charge is 2.26. The number of hydrogen-bond donors (Lipinski definition) is 2. The van der Waals surface area contributed by atoms with Crippen molar-refractivity contribution in [3.05, 3.63) is 59.9 Å².